The lowest BCUT2D eigenvalue weighted by Gasteiger charge is -2.10. The Kier molecular flexibility index (Phi) is 4.13. The van der Waals surface area contributed by atoms with Crippen LogP contribution in [0.1, 0.15) is 10.4 Å². The molecule has 2 aromatic carbocycles. The number of hydrogen-bond acceptors (Lipinski definition) is 4. The molecular weight excluding hydrogens is 406 g/mol. The Morgan fingerprint density at radius 2 is 1.93 bits per heavy atom. The average Bonchev–Trinajstić information content (AvgIpc) is 3.07. The number of sulfonamides is 1. The first-order chi connectivity index (χ1) is 13.3. The van der Waals surface area contributed by atoms with Crippen molar-refractivity contribution in [1.82, 2.24) is 9.97 Å². The third-order valence-corrected chi connectivity index (χ3v) is 5.85. The number of hydrogen-bond donors (Lipinski definition) is 4. The highest BCUT2D eigenvalue weighted by atomic mass is 35.5. The molecule has 2 aromatic heterocycles. The van der Waals surface area contributed by atoms with E-state index in [0.29, 0.717) is 15.9 Å². The molecule has 28 heavy (non-hydrogen) atoms. The van der Waals surface area contributed by atoms with E-state index in [0.717, 1.165) is 0 Å². The Morgan fingerprint density at radius 1 is 1.14 bits per heavy atom. The first kappa shape index (κ1) is 18.1. The van der Waals surface area contributed by atoms with E-state index in [4.69, 9.17) is 11.6 Å². The van der Waals surface area contributed by atoms with E-state index in [-0.39, 0.29) is 27.0 Å². The molecule has 4 rings (SSSR count). The fraction of sp³-hybridized carbons (Fsp3) is 0. The summed E-state index contributed by atoms with van der Waals surface area (Å²) >= 11 is 5.88. The smallest absolute Gasteiger partial charge is 0.337 e. The molecule has 0 fully saturated rings. The summed E-state index contributed by atoms with van der Waals surface area (Å²) in [6.45, 7) is 0. The SMILES string of the molecule is O=C(O)c1c[nH]c2c(=O)[nH]c3ccc(S(=O)(=O)Nc4cccc(Cl)c4)cc3c12. The minimum atomic E-state index is -3.97. The van der Waals surface area contributed by atoms with Crippen molar-refractivity contribution in [3.8, 4) is 0 Å². The largest absolute Gasteiger partial charge is 0.478 e. The molecule has 2 heterocycles. The van der Waals surface area contributed by atoms with Gasteiger partial charge < -0.3 is 15.1 Å². The molecule has 8 nitrogen and oxygen atoms in total. The van der Waals surface area contributed by atoms with Gasteiger partial charge in [-0.3, -0.25) is 9.52 Å². The number of fused-ring (bicyclic) bond motifs is 3. The van der Waals surface area contributed by atoms with Crippen molar-refractivity contribution in [2.75, 3.05) is 4.72 Å². The maximum Gasteiger partial charge on any atom is 0.337 e. The van der Waals surface area contributed by atoms with Crippen molar-refractivity contribution in [3.63, 3.8) is 0 Å². The Bertz CT molecular complexity index is 1420. The summed E-state index contributed by atoms with van der Waals surface area (Å²) in [6, 6.07) is 10.3. The highest BCUT2D eigenvalue weighted by molar-refractivity contribution is 7.92. The fourth-order valence-corrected chi connectivity index (χ4v) is 4.27. The normalized spacial score (nSPS) is 11.8. The molecule has 142 valence electrons. The topological polar surface area (TPSA) is 132 Å². The van der Waals surface area contributed by atoms with E-state index in [2.05, 4.69) is 14.7 Å². The Balaban J connectivity index is 1.92. The summed E-state index contributed by atoms with van der Waals surface area (Å²) < 4.78 is 28.0. The van der Waals surface area contributed by atoms with Crippen molar-refractivity contribution in [1.29, 1.82) is 0 Å². The van der Waals surface area contributed by atoms with Gasteiger partial charge in [-0.25, -0.2) is 13.2 Å². The van der Waals surface area contributed by atoms with Crippen LogP contribution in [0.2, 0.25) is 5.02 Å². The molecular formula is C18H12ClN3O5S. The fourth-order valence-electron chi connectivity index (χ4n) is 3.01. The Morgan fingerprint density at radius 3 is 2.64 bits per heavy atom. The van der Waals surface area contributed by atoms with Gasteiger partial charge in [0.05, 0.1) is 16.1 Å². The van der Waals surface area contributed by atoms with Gasteiger partial charge in [0.1, 0.15) is 5.52 Å². The van der Waals surface area contributed by atoms with Crippen LogP contribution in [0.25, 0.3) is 21.8 Å². The lowest BCUT2D eigenvalue weighted by molar-refractivity contribution is 0.0699. The number of aromatic nitrogens is 2. The zero-order valence-electron chi connectivity index (χ0n) is 14.0. The summed E-state index contributed by atoms with van der Waals surface area (Å²) in [5.41, 5.74) is 0.0433. The second-order valence-corrected chi connectivity index (χ2v) is 8.15. The molecule has 0 bridgehead atoms. The third kappa shape index (κ3) is 3.00. The lowest BCUT2D eigenvalue weighted by atomic mass is 10.1. The molecule has 0 amide bonds. The molecule has 0 saturated carbocycles. The van der Waals surface area contributed by atoms with Gasteiger partial charge in [-0.05, 0) is 36.4 Å². The average molecular weight is 418 g/mol. The van der Waals surface area contributed by atoms with Crippen LogP contribution in [-0.2, 0) is 10.0 Å². The number of carbonyl (C=O) groups is 1. The second kappa shape index (κ2) is 6.39. The monoisotopic (exact) mass is 417 g/mol. The number of halogens is 1. The van der Waals surface area contributed by atoms with Crippen LogP contribution < -0.4 is 10.3 Å². The van der Waals surface area contributed by atoms with Crippen molar-refractivity contribution >= 4 is 55.1 Å². The van der Waals surface area contributed by atoms with Gasteiger partial charge in [0.25, 0.3) is 15.6 Å². The van der Waals surface area contributed by atoms with E-state index in [1.54, 1.807) is 18.2 Å². The highest BCUT2D eigenvalue weighted by Crippen LogP contribution is 2.28. The zero-order chi connectivity index (χ0) is 20.1. The molecule has 0 radical (unpaired) electrons. The van der Waals surface area contributed by atoms with Gasteiger partial charge in [0, 0.05) is 27.5 Å². The minimum Gasteiger partial charge on any atom is -0.478 e. The zero-order valence-corrected chi connectivity index (χ0v) is 15.6. The van der Waals surface area contributed by atoms with Crippen LogP contribution >= 0.6 is 11.6 Å². The number of anilines is 1. The van der Waals surface area contributed by atoms with E-state index in [1.807, 2.05) is 0 Å². The third-order valence-electron chi connectivity index (χ3n) is 4.23. The molecule has 0 aliphatic carbocycles. The van der Waals surface area contributed by atoms with Crippen LogP contribution in [0, 0.1) is 0 Å². The Labute approximate surface area is 162 Å². The highest BCUT2D eigenvalue weighted by Gasteiger charge is 2.20. The molecule has 10 heteroatoms. The molecule has 0 spiro atoms. The predicted octanol–water partition coefficient (Wildman–Crippen LogP) is 3.16. The van der Waals surface area contributed by atoms with Gasteiger partial charge in [-0.1, -0.05) is 17.7 Å². The van der Waals surface area contributed by atoms with Crippen molar-refractivity contribution in [2.24, 2.45) is 0 Å². The quantitative estimate of drug-likeness (QED) is 0.405. The van der Waals surface area contributed by atoms with Crippen molar-refractivity contribution in [3.05, 3.63) is 69.6 Å². The summed E-state index contributed by atoms with van der Waals surface area (Å²) in [6.07, 6.45) is 1.20. The van der Waals surface area contributed by atoms with Crippen molar-refractivity contribution in [2.45, 2.75) is 4.90 Å². The van der Waals surface area contributed by atoms with Gasteiger partial charge in [-0.15, -0.1) is 0 Å². The number of rotatable bonds is 4. The van der Waals surface area contributed by atoms with Crippen LogP contribution in [0.5, 0.6) is 0 Å². The number of aromatic amines is 2. The molecule has 0 unspecified atom stereocenters. The summed E-state index contributed by atoms with van der Waals surface area (Å²) in [5, 5.41) is 10.2. The van der Waals surface area contributed by atoms with Crippen LogP contribution in [-0.4, -0.2) is 29.5 Å². The number of aromatic carboxylic acids is 1. The molecule has 0 saturated heterocycles. The Hall–Kier alpha value is -3.30. The van der Waals surface area contributed by atoms with Crippen molar-refractivity contribution < 1.29 is 18.3 Å². The van der Waals surface area contributed by atoms with Gasteiger partial charge in [0.2, 0.25) is 0 Å². The number of benzene rings is 2. The molecule has 4 aromatic rings. The summed E-state index contributed by atoms with van der Waals surface area (Å²) in [5.74, 6) is -1.23. The van der Waals surface area contributed by atoms with Gasteiger partial charge >= 0.3 is 5.97 Å². The van der Waals surface area contributed by atoms with Crippen LogP contribution in [0.4, 0.5) is 5.69 Å². The van der Waals surface area contributed by atoms with Gasteiger partial charge in [-0.2, -0.15) is 0 Å². The van der Waals surface area contributed by atoms with E-state index < -0.39 is 21.6 Å². The molecule has 0 aliphatic rings. The lowest BCUT2D eigenvalue weighted by Crippen LogP contribution is -2.13. The van der Waals surface area contributed by atoms with Crippen LogP contribution in [0.15, 0.2) is 58.4 Å². The van der Waals surface area contributed by atoms with E-state index >= 15 is 0 Å². The van der Waals surface area contributed by atoms with Gasteiger partial charge in [0.15, 0.2) is 0 Å². The first-order valence-electron chi connectivity index (χ1n) is 7.95. The molecule has 0 atom stereocenters. The number of pyridine rings is 1. The van der Waals surface area contributed by atoms with E-state index in [1.165, 1.54) is 30.5 Å². The maximum absolute atomic E-state index is 12.8. The summed E-state index contributed by atoms with van der Waals surface area (Å²) in [4.78, 5) is 28.8. The summed E-state index contributed by atoms with van der Waals surface area (Å²) in [7, 11) is -3.97. The standard InChI is InChI=1S/C18H12ClN3O5S/c19-9-2-1-3-10(6-9)22-28(26,27)11-4-5-14-12(7-11)15-13(18(24)25)8-20-16(15)17(23)21-14/h1-8,20,22H,(H,21,23)(H,24,25). The number of H-pyrrole nitrogens is 2. The van der Waals surface area contributed by atoms with Crippen LogP contribution in [0.3, 0.4) is 0 Å². The molecule has 4 N–H and O–H groups in total. The second-order valence-electron chi connectivity index (χ2n) is 6.03. The number of carboxylic acid groups (broad SMARTS) is 1. The molecule has 0 aliphatic heterocycles. The number of nitrogens with one attached hydrogen (secondary N) is 3. The maximum atomic E-state index is 12.8. The minimum absolute atomic E-state index is 0.0576. The van der Waals surface area contributed by atoms with E-state index in [9.17, 15) is 23.1 Å². The predicted molar refractivity (Wildman–Crippen MR) is 106 cm³/mol. The number of carboxylic acids is 1. The first-order valence-corrected chi connectivity index (χ1v) is 9.81.